The molecular formula is C30H27FO3. The topological polar surface area (TPSA) is 46.5 Å². The predicted molar refractivity (Wildman–Crippen MR) is 132 cm³/mol. The molecule has 1 N–H and O–H groups in total. The number of carboxylic acid groups (broad SMARTS) is 1. The smallest absolute Gasteiger partial charge is 0.338 e. The van der Waals surface area contributed by atoms with Crippen LogP contribution in [0.2, 0.25) is 0 Å². The van der Waals surface area contributed by atoms with E-state index in [1.54, 1.807) is 6.07 Å². The zero-order chi connectivity index (χ0) is 23.9. The van der Waals surface area contributed by atoms with Crippen LogP contribution in [0, 0.1) is 12.7 Å². The third kappa shape index (κ3) is 5.77. The Kier molecular flexibility index (Phi) is 7.51. The quantitative estimate of drug-likeness (QED) is 0.287. The highest BCUT2D eigenvalue weighted by molar-refractivity contribution is 5.88. The maximum atomic E-state index is 14.2. The fraction of sp³-hybridized carbons (Fsp3) is 0.167. The van der Waals surface area contributed by atoms with Crippen LogP contribution in [-0.4, -0.2) is 11.1 Å². The Bertz CT molecular complexity index is 1250. The highest BCUT2D eigenvalue weighted by atomic mass is 19.1. The van der Waals surface area contributed by atoms with Gasteiger partial charge in [0, 0.05) is 0 Å². The number of hydrogen-bond donors (Lipinski definition) is 1. The van der Waals surface area contributed by atoms with Crippen molar-refractivity contribution >= 4 is 5.97 Å². The number of rotatable bonds is 9. The lowest BCUT2D eigenvalue weighted by atomic mass is 9.97. The maximum Gasteiger partial charge on any atom is 0.338 e. The van der Waals surface area contributed by atoms with Gasteiger partial charge in [-0.25, -0.2) is 9.18 Å². The number of benzene rings is 4. The van der Waals surface area contributed by atoms with Crippen LogP contribution >= 0.6 is 0 Å². The summed E-state index contributed by atoms with van der Waals surface area (Å²) in [5.74, 6) is -2.01. The van der Waals surface area contributed by atoms with E-state index < -0.39 is 11.8 Å². The Labute approximate surface area is 199 Å². The molecule has 0 radical (unpaired) electrons. The first-order valence-electron chi connectivity index (χ1n) is 11.3. The molecule has 0 bridgehead atoms. The van der Waals surface area contributed by atoms with Crippen LogP contribution in [0.3, 0.4) is 0 Å². The molecule has 0 amide bonds. The predicted octanol–water partition coefficient (Wildman–Crippen LogP) is 7.39. The van der Waals surface area contributed by atoms with Gasteiger partial charge in [-0.05, 0) is 65.3 Å². The van der Waals surface area contributed by atoms with E-state index in [-0.39, 0.29) is 11.7 Å². The lowest BCUT2D eigenvalue weighted by molar-refractivity contribution is 0.0340. The van der Waals surface area contributed by atoms with Gasteiger partial charge in [0.1, 0.15) is 5.82 Å². The van der Waals surface area contributed by atoms with Crippen molar-refractivity contribution < 1.29 is 19.0 Å². The largest absolute Gasteiger partial charge is 0.478 e. The van der Waals surface area contributed by atoms with Crippen molar-refractivity contribution in [2.75, 3.05) is 0 Å². The molecular weight excluding hydrogens is 427 g/mol. The van der Waals surface area contributed by atoms with Gasteiger partial charge < -0.3 is 9.84 Å². The first kappa shape index (κ1) is 23.4. The molecule has 4 aromatic carbocycles. The molecule has 0 aliphatic carbocycles. The lowest BCUT2D eigenvalue weighted by Crippen LogP contribution is -2.06. The van der Waals surface area contributed by atoms with Gasteiger partial charge in [-0.15, -0.1) is 0 Å². The van der Waals surface area contributed by atoms with Gasteiger partial charge in [0.25, 0.3) is 0 Å². The highest BCUT2D eigenvalue weighted by Crippen LogP contribution is 2.28. The summed E-state index contributed by atoms with van der Waals surface area (Å²) in [4.78, 5) is 11.1. The number of carbonyl (C=O) groups is 1. The maximum absolute atomic E-state index is 14.2. The van der Waals surface area contributed by atoms with Crippen molar-refractivity contribution in [3.63, 3.8) is 0 Å². The molecule has 4 aromatic rings. The molecule has 4 heteroatoms. The molecule has 0 aliphatic rings. The zero-order valence-electron chi connectivity index (χ0n) is 19.1. The minimum Gasteiger partial charge on any atom is -0.478 e. The van der Waals surface area contributed by atoms with Gasteiger partial charge in [-0.2, -0.15) is 0 Å². The lowest BCUT2D eigenvalue weighted by Gasteiger charge is -2.19. The van der Waals surface area contributed by atoms with Crippen LogP contribution < -0.4 is 0 Å². The van der Waals surface area contributed by atoms with Crippen LogP contribution in [0.1, 0.15) is 45.1 Å². The summed E-state index contributed by atoms with van der Waals surface area (Å²) in [6, 6.07) is 30.8. The Morgan fingerprint density at radius 2 is 1.59 bits per heavy atom. The van der Waals surface area contributed by atoms with Crippen molar-refractivity contribution in [3.8, 4) is 11.1 Å². The molecule has 1 unspecified atom stereocenters. The van der Waals surface area contributed by atoms with E-state index in [0.29, 0.717) is 12.2 Å². The molecule has 0 aliphatic heterocycles. The average Bonchev–Trinajstić information content (AvgIpc) is 2.85. The average molecular weight is 455 g/mol. The SMILES string of the molecule is Cc1cc(COC(CCc2ccccc2)c2ccccc2)ccc1-c1ccc(C(=O)O)c(F)c1. The summed E-state index contributed by atoms with van der Waals surface area (Å²) >= 11 is 0. The fourth-order valence-electron chi connectivity index (χ4n) is 4.15. The van der Waals surface area contributed by atoms with E-state index in [2.05, 4.69) is 36.4 Å². The molecule has 0 heterocycles. The van der Waals surface area contributed by atoms with E-state index in [1.807, 2.05) is 49.4 Å². The Morgan fingerprint density at radius 1 is 0.882 bits per heavy atom. The van der Waals surface area contributed by atoms with Gasteiger partial charge in [-0.1, -0.05) is 84.9 Å². The number of hydrogen-bond acceptors (Lipinski definition) is 2. The number of ether oxygens (including phenoxy) is 1. The molecule has 4 rings (SSSR count). The normalized spacial score (nSPS) is 11.8. The van der Waals surface area contributed by atoms with Crippen LogP contribution in [-0.2, 0) is 17.8 Å². The molecule has 0 spiro atoms. The summed E-state index contributed by atoms with van der Waals surface area (Å²) in [5, 5.41) is 9.05. The first-order valence-corrected chi connectivity index (χ1v) is 11.3. The zero-order valence-corrected chi connectivity index (χ0v) is 19.1. The fourth-order valence-corrected chi connectivity index (χ4v) is 4.15. The number of halogens is 1. The van der Waals surface area contributed by atoms with Gasteiger partial charge in [0.15, 0.2) is 0 Å². The summed E-state index contributed by atoms with van der Waals surface area (Å²) in [5.41, 5.74) is 5.64. The molecule has 0 saturated carbocycles. The van der Waals surface area contributed by atoms with Crippen molar-refractivity contribution in [3.05, 3.63) is 131 Å². The molecule has 3 nitrogen and oxygen atoms in total. The van der Waals surface area contributed by atoms with Crippen molar-refractivity contribution in [1.82, 2.24) is 0 Å². The summed E-state index contributed by atoms with van der Waals surface area (Å²) < 4.78 is 20.5. The number of aromatic carboxylic acids is 1. The molecule has 172 valence electrons. The van der Waals surface area contributed by atoms with Crippen molar-refractivity contribution in [1.29, 1.82) is 0 Å². The van der Waals surface area contributed by atoms with Crippen LogP contribution in [0.4, 0.5) is 4.39 Å². The number of aryl methyl sites for hydroxylation is 2. The monoisotopic (exact) mass is 454 g/mol. The second-order valence-corrected chi connectivity index (χ2v) is 8.38. The van der Waals surface area contributed by atoms with Crippen LogP contribution in [0.25, 0.3) is 11.1 Å². The summed E-state index contributed by atoms with van der Waals surface area (Å²) in [6.07, 6.45) is 1.77. The van der Waals surface area contributed by atoms with Crippen molar-refractivity contribution in [2.45, 2.75) is 32.5 Å². The van der Waals surface area contributed by atoms with Crippen LogP contribution in [0.15, 0.2) is 97.1 Å². The molecule has 0 fully saturated rings. The third-order valence-corrected chi connectivity index (χ3v) is 5.96. The van der Waals surface area contributed by atoms with Gasteiger partial charge in [0.05, 0.1) is 18.3 Å². The van der Waals surface area contributed by atoms with E-state index in [4.69, 9.17) is 9.84 Å². The van der Waals surface area contributed by atoms with Crippen LogP contribution in [0.5, 0.6) is 0 Å². The Morgan fingerprint density at radius 3 is 2.24 bits per heavy atom. The molecule has 0 saturated heterocycles. The van der Waals surface area contributed by atoms with Crippen molar-refractivity contribution in [2.24, 2.45) is 0 Å². The second-order valence-electron chi connectivity index (χ2n) is 8.38. The Hall–Kier alpha value is -3.76. The number of carboxylic acids is 1. The summed E-state index contributed by atoms with van der Waals surface area (Å²) in [7, 11) is 0. The minimum atomic E-state index is -1.27. The molecule has 1 atom stereocenters. The third-order valence-electron chi connectivity index (χ3n) is 5.96. The van der Waals surface area contributed by atoms with E-state index in [9.17, 15) is 9.18 Å². The van der Waals surface area contributed by atoms with E-state index in [1.165, 1.54) is 17.7 Å². The van der Waals surface area contributed by atoms with Gasteiger partial charge >= 0.3 is 5.97 Å². The van der Waals surface area contributed by atoms with E-state index in [0.717, 1.165) is 35.1 Å². The highest BCUT2D eigenvalue weighted by Gasteiger charge is 2.14. The summed E-state index contributed by atoms with van der Waals surface area (Å²) in [6.45, 7) is 2.42. The van der Waals surface area contributed by atoms with Gasteiger partial charge in [0.2, 0.25) is 0 Å². The van der Waals surface area contributed by atoms with Gasteiger partial charge in [-0.3, -0.25) is 0 Å². The molecule has 0 aromatic heterocycles. The molecule has 34 heavy (non-hydrogen) atoms. The first-order chi connectivity index (χ1) is 16.5. The minimum absolute atomic E-state index is 0.0287. The standard InChI is InChI=1S/C30H27FO3/c1-21-18-23(12-15-26(21)25-14-16-27(30(32)33)28(31)19-25)20-34-29(24-10-6-3-7-11-24)17-13-22-8-4-2-5-9-22/h2-12,14-16,18-19,29H,13,17,20H2,1H3,(H,32,33). The Balaban J connectivity index is 1.48. The van der Waals surface area contributed by atoms with E-state index >= 15 is 0 Å². The second kappa shape index (κ2) is 10.9.